The fourth-order valence-electron chi connectivity index (χ4n) is 3.15. The average Bonchev–Trinajstić information content (AvgIpc) is 3.21. The van der Waals surface area contributed by atoms with E-state index in [0.717, 1.165) is 32.1 Å². The number of nitrogens with zero attached hydrogens (tertiary/aromatic N) is 1. The quantitative estimate of drug-likeness (QED) is 0.917. The molecule has 0 spiro atoms. The first-order valence-electron chi connectivity index (χ1n) is 6.99. The van der Waals surface area contributed by atoms with Gasteiger partial charge >= 0.3 is 0 Å². The van der Waals surface area contributed by atoms with Crippen LogP contribution in [0.1, 0.15) is 25.3 Å². The zero-order valence-electron chi connectivity index (χ0n) is 11.3. The van der Waals surface area contributed by atoms with Gasteiger partial charge in [-0.3, -0.25) is 4.90 Å². The Hall–Kier alpha value is -0.450. The monoisotopic (exact) mass is 326 g/mol. The third kappa shape index (κ3) is 2.71. The second kappa shape index (κ2) is 5.15. The minimum absolute atomic E-state index is 0.186. The Labute approximate surface area is 122 Å². The molecule has 2 nitrogen and oxygen atoms in total. The lowest BCUT2D eigenvalue weighted by Crippen LogP contribution is -2.60. The van der Waals surface area contributed by atoms with E-state index >= 15 is 0 Å². The van der Waals surface area contributed by atoms with E-state index in [-0.39, 0.29) is 11.4 Å². The summed E-state index contributed by atoms with van der Waals surface area (Å²) in [4.78, 5) is 2.57. The van der Waals surface area contributed by atoms with E-state index in [4.69, 9.17) is 0 Å². The topological polar surface area (TPSA) is 15.3 Å². The van der Waals surface area contributed by atoms with Crippen LogP contribution in [0.5, 0.6) is 0 Å². The Balaban J connectivity index is 1.78. The molecule has 1 saturated heterocycles. The van der Waals surface area contributed by atoms with E-state index in [1.54, 1.807) is 6.07 Å². The second-order valence-electron chi connectivity index (χ2n) is 5.98. The smallest absolute Gasteiger partial charge is 0.137 e. The van der Waals surface area contributed by atoms with Crippen molar-refractivity contribution in [3.63, 3.8) is 0 Å². The molecule has 104 valence electrons. The molecule has 0 amide bonds. The first-order valence-corrected chi connectivity index (χ1v) is 7.78. The molecule has 0 bridgehead atoms. The van der Waals surface area contributed by atoms with E-state index in [2.05, 4.69) is 33.1 Å². The maximum Gasteiger partial charge on any atom is 0.137 e. The van der Waals surface area contributed by atoms with Crippen LogP contribution in [-0.2, 0) is 6.54 Å². The highest BCUT2D eigenvalue weighted by Crippen LogP contribution is 2.44. The van der Waals surface area contributed by atoms with Gasteiger partial charge in [0.2, 0.25) is 0 Å². The molecule has 4 heteroatoms. The molecule has 1 saturated carbocycles. The zero-order valence-corrected chi connectivity index (χ0v) is 12.8. The minimum Gasteiger partial charge on any atom is -0.314 e. The second-order valence-corrected chi connectivity index (χ2v) is 6.83. The molecule has 1 atom stereocenters. The summed E-state index contributed by atoms with van der Waals surface area (Å²) in [6.45, 7) is 6.47. The van der Waals surface area contributed by atoms with Gasteiger partial charge in [0.25, 0.3) is 0 Å². The Morgan fingerprint density at radius 2 is 2.26 bits per heavy atom. The Bertz CT molecular complexity index is 475. The molecule has 2 fully saturated rings. The predicted octanol–water partition coefficient (Wildman–Crippen LogP) is 3.16. The number of benzene rings is 1. The fraction of sp³-hybridized carbons (Fsp3) is 0.600. The summed E-state index contributed by atoms with van der Waals surface area (Å²) in [6.07, 6.45) is 2.70. The van der Waals surface area contributed by atoms with Crippen molar-refractivity contribution in [2.75, 3.05) is 19.6 Å². The minimum atomic E-state index is -0.186. The molecule has 0 aromatic heterocycles. The van der Waals surface area contributed by atoms with Crippen LogP contribution in [0.2, 0.25) is 0 Å². The molecule has 19 heavy (non-hydrogen) atoms. The van der Waals surface area contributed by atoms with Crippen LogP contribution < -0.4 is 5.32 Å². The largest absolute Gasteiger partial charge is 0.314 e. The lowest BCUT2D eigenvalue weighted by atomic mass is 9.90. The Morgan fingerprint density at radius 3 is 2.95 bits per heavy atom. The number of halogens is 2. The van der Waals surface area contributed by atoms with E-state index in [9.17, 15) is 4.39 Å². The summed E-state index contributed by atoms with van der Waals surface area (Å²) in [7, 11) is 0. The van der Waals surface area contributed by atoms with Crippen molar-refractivity contribution in [2.45, 2.75) is 31.8 Å². The van der Waals surface area contributed by atoms with Gasteiger partial charge in [-0.2, -0.15) is 0 Å². The van der Waals surface area contributed by atoms with Crippen molar-refractivity contribution in [3.05, 3.63) is 34.1 Å². The summed E-state index contributed by atoms with van der Waals surface area (Å²) < 4.78 is 13.9. The van der Waals surface area contributed by atoms with Crippen molar-refractivity contribution in [2.24, 2.45) is 5.92 Å². The molecule has 1 unspecified atom stereocenters. The molecular formula is C15H20BrFN2. The Morgan fingerprint density at radius 1 is 1.47 bits per heavy atom. The van der Waals surface area contributed by atoms with Crippen LogP contribution in [0.4, 0.5) is 4.39 Å². The van der Waals surface area contributed by atoms with Crippen molar-refractivity contribution in [3.8, 4) is 0 Å². The first-order chi connectivity index (χ1) is 9.09. The number of hydrogen-bond donors (Lipinski definition) is 1. The molecular weight excluding hydrogens is 307 g/mol. The molecule has 3 rings (SSSR count). The molecule has 2 aliphatic rings. The van der Waals surface area contributed by atoms with E-state index in [1.165, 1.54) is 18.4 Å². The highest BCUT2D eigenvalue weighted by molar-refractivity contribution is 9.10. The maximum atomic E-state index is 13.3. The summed E-state index contributed by atoms with van der Waals surface area (Å²) in [5, 5.41) is 3.52. The molecule has 0 radical (unpaired) electrons. The third-order valence-electron chi connectivity index (χ3n) is 4.58. The third-order valence-corrected chi connectivity index (χ3v) is 5.19. The number of nitrogens with one attached hydrogen (secondary N) is 1. The highest BCUT2D eigenvalue weighted by atomic mass is 79.9. The van der Waals surface area contributed by atoms with Crippen molar-refractivity contribution < 1.29 is 4.39 Å². The van der Waals surface area contributed by atoms with Gasteiger partial charge in [0.15, 0.2) is 0 Å². The number of hydrogen-bond acceptors (Lipinski definition) is 2. The van der Waals surface area contributed by atoms with Crippen LogP contribution in [-0.4, -0.2) is 30.1 Å². The molecule has 1 aromatic rings. The average molecular weight is 327 g/mol. The van der Waals surface area contributed by atoms with Crippen LogP contribution in [0.3, 0.4) is 0 Å². The van der Waals surface area contributed by atoms with Crippen molar-refractivity contribution in [1.82, 2.24) is 10.2 Å². The SMILES string of the molecule is CC1(C2CC2)CNCCN1Cc1ccc(F)c(Br)c1. The van der Waals surface area contributed by atoms with Gasteiger partial charge in [0.05, 0.1) is 4.47 Å². The normalized spacial score (nSPS) is 28.6. The first kappa shape index (κ1) is 13.5. The predicted molar refractivity (Wildman–Crippen MR) is 78.5 cm³/mol. The highest BCUT2D eigenvalue weighted by Gasteiger charge is 2.46. The summed E-state index contributed by atoms with van der Waals surface area (Å²) in [6, 6.07) is 5.36. The van der Waals surface area contributed by atoms with E-state index in [1.807, 2.05) is 12.1 Å². The Kier molecular flexibility index (Phi) is 3.67. The van der Waals surface area contributed by atoms with E-state index < -0.39 is 0 Å². The zero-order chi connectivity index (χ0) is 13.5. The maximum absolute atomic E-state index is 13.3. The summed E-state index contributed by atoms with van der Waals surface area (Å²) in [5.41, 5.74) is 1.45. The van der Waals surface area contributed by atoms with Gasteiger partial charge in [-0.05, 0) is 59.3 Å². The number of piperazine rings is 1. The molecule has 1 heterocycles. The van der Waals surface area contributed by atoms with Crippen LogP contribution >= 0.6 is 15.9 Å². The standard InChI is InChI=1S/C15H20BrFN2/c1-15(12-3-4-12)10-18-6-7-19(15)9-11-2-5-14(17)13(16)8-11/h2,5,8,12,18H,3-4,6-7,9-10H2,1H3. The van der Waals surface area contributed by atoms with Gasteiger partial charge in [-0.1, -0.05) is 6.07 Å². The lowest BCUT2D eigenvalue weighted by molar-refractivity contribution is 0.0484. The van der Waals surface area contributed by atoms with E-state index in [0.29, 0.717) is 4.47 Å². The summed E-state index contributed by atoms with van der Waals surface area (Å²) >= 11 is 3.27. The van der Waals surface area contributed by atoms with Gasteiger partial charge < -0.3 is 5.32 Å². The molecule has 1 N–H and O–H groups in total. The molecule has 1 aliphatic heterocycles. The number of rotatable bonds is 3. The van der Waals surface area contributed by atoms with Crippen molar-refractivity contribution in [1.29, 1.82) is 0 Å². The fourth-order valence-corrected chi connectivity index (χ4v) is 3.57. The van der Waals surface area contributed by atoms with Gasteiger partial charge in [-0.25, -0.2) is 4.39 Å². The molecule has 1 aromatic carbocycles. The summed E-state index contributed by atoms with van der Waals surface area (Å²) in [5.74, 6) is 0.637. The van der Waals surface area contributed by atoms with Crippen molar-refractivity contribution >= 4 is 15.9 Å². The van der Waals surface area contributed by atoms with Gasteiger partial charge in [0.1, 0.15) is 5.82 Å². The lowest BCUT2D eigenvalue weighted by Gasteiger charge is -2.46. The van der Waals surface area contributed by atoms with Crippen LogP contribution in [0.25, 0.3) is 0 Å². The molecule has 1 aliphatic carbocycles. The van der Waals surface area contributed by atoms with Crippen LogP contribution in [0.15, 0.2) is 22.7 Å². The van der Waals surface area contributed by atoms with Gasteiger partial charge in [-0.15, -0.1) is 0 Å². The van der Waals surface area contributed by atoms with Crippen LogP contribution in [0, 0.1) is 11.7 Å². The van der Waals surface area contributed by atoms with Gasteiger partial charge in [0, 0.05) is 31.7 Å².